The zero-order chi connectivity index (χ0) is 10.6. The average molecular weight is 192 g/mol. The van der Waals surface area contributed by atoms with Gasteiger partial charge in [-0.15, -0.1) is 0 Å². The Morgan fingerprint density at radius 3 is 2.29 bits per heavy atom. The second kappa shape index (κ2) is 4.82. The van der Waals surface area contributed by atoms with Gasteiger partial charge in [-0.25, -0.2) is 0 Å². The zero-order valence-electron chi connectivity index (χ0n) is 8.60. The van der Waals surface area contributed by atoms with E-state index in [1.165, 1.54) is 0 Å². The van der Waals surface area contributed by atoms with Crippen LogP contribution in [0.15, 0.2) is 36.9 Å². The normalized spacial score (nSPS) is 14.5. The van der Waals surface area contributed by atoms with Crippen LogP contribution in [0.25, 0.3) is 0 Å². The van der Waals surface area contributed by atoms with Gasteiger partial charge in [0.1, 0.15) is 11.9 Å². The molecule has 0 fully saturated rings. The van der Waals surface area contributed by atoms with Gasteiger partial charge >= 0.3 is 0 Å². The molecule has 0 amide bonds. The standard InChI is InChI=1S/C12H16O2/c1-4-9(2)14-12-7-5-11(6-8-12)10(3)13/h4-10,13H,1H2,2-3H3/t9?,10-/m1/s1. The summed E-state index contributed by atoms with van der Waals surface area (Å²) in [6, 6.07) is 7.41. The van der Waals surface area contributed by atoms with E-state index in [2.05, 4.69) is 6.58 Å². The molecule has 0 bridgehead atoms. The van der Waals surface area contributed by atoms with Crippen LogP contribution >= 0.6 is 0 Å². The molecule has 14 heavy (non-hydrogen) atoms. The largest absolute Gasteiger partial charge is 0.487 e. The highest BCUT2D eigenvalue weighted by Crippen LogP contribution is 2.18. The van der Waals surface area contributed by atoms with Crippen molar-refractivity contribution in [3.63, 3.8) is 0 Å². The first-order chi connectivity index (χ1) is 6.63. The molecule has 0 saturated heterocycles. The minimum atomic E-state index is -0.430. The van der Waals surface area contributed by atoms with E-state index in [0.717, 1.165) is 11.3 Å². The molecule has 2 atom stereocenters. The fourth-order valence-electron chi connectivity index (χ4n) is 1.09. The maximum absolute atomic E-state index is 9.29. The molecule has 1 rings (SSSR count). The van der Waals surface area contributed by atoms with Crippen LogP contribution in [0.1, 0.15) is 25.5 Å². The summed E-state index contributed by atoms with van der Waals surface area (Å²) >= 11 is 0. The molecule has 0 aliphatic rings. The molecule has 0 saturated carbocycles. The Bertz CT molecular complexity index is 288. The van der Waals surface area contributed by atoms with Crippen molar-refractivity contribution < 1.29 is 9.84 Å². The van der Waals surface area contributed by atoms with Gasteiger partial charge in [0.05, 0.1) is 6.10 Å². The molecule has 2 heteroatoms. The quantitative estimate of drug-likeness (QED) is 0.743. The summed E-state index contributed by atoms with van der Waals surface area (Å²) in [6.45, 7) is 7.30. The minimum absolute atomic E-state index is 0.00685. The molecule has 0 spiro atoms. The number of rotatable bonds is 4. The van der Waals surface area contributed by atoms with Crippen molar-refractivity contribution >= 4 is 0 Å². The average Bonchev–Trinajstić information content (AvgIpc) is 2.18. The topological polar surface area (TPSA) is 29.5 Å². The van der Waals surface area contributed by atoms with Gasteiger partial charge in [-0.1, -0.05) is 24.8 Å². The van der Waals surface area contributed by atoms with Crippen molar-refractivity contribution in [2.75, 3.05) is 0 Å². The first-order valence-electron chi connectivity index (χ1n) is 4.70. The number of hydrogen-bond donors (Lipinski definition) is 1. The molecule has 0 aliphatic heterocycles. The Labute approximate surface area is 84.8 Å². The molecule has 0 radical (unpaired) electrons. The van der Waals surface area contributed by atoms with Gasteiger partial charge in [-0.2, -0.15) is 0 Å². The van der Waals surface area contributed by atoms with E-state index >= 15 is 0 Å². The van der Waals surface area contributed by atoms with E-state index in [4.69, 9.17) is 4.74 Å². The van der Waals surface area contributed by atoms with Gasteiger partial charge in [-0.05, 0) is 31.5 Å². The van der Waals surface area contributed by atoms with Crippen LogP contribution in [0.2, 0.25) is 0 Å². The number of benzene rings is 1. The Hall–Kier alpha value is -1.28. The lowest BCUT2D eigenvalue weighted by molar-refractivity contribution is 0.199. The van der Waals surface area contributed by atoms with Gasteiger partial charge in [0.25, 0.3) is 0 Å². The monoisotopic (exact) mass is 192 g/mol. The summed E-state index contributed by atoms with van der Waals surface area (Å²) in [5, 5.41) is 9.29. The maximum Gasteiger partial charge on any atom is 0.120 e. The highest BCUT2D eigenvalue weighted by molar-refractivity contribution is 5.28. The Morgan fingerprint density at radius 2 is 1.86 bits per heavy atom. The van der Waals surface area contributed by atoms with Crippen LogP contribution in [0, 0.1) is 0 Å². The van der Waals surface area contributed by atoms with Crippen LogP contribution in [0.4, 0.5) is 0 Å². The van der Waals surface area contributed by atoms with Crippen molar-refractivity contribution in [2.45, 2.75) is 26.1 Å². The van der Waals surface area contributed by atoms with E-state index in [0.29, 0.717) is 0 Å². The summed E-state index contributed by atoms with van der Waals surface area (Å²) in [6.07, 6.45) is 1.32. The molecule has 0 aliphatic carbocycles. The molecule has 1 aromatic rings. The van der Waals surface area contributed by atoms with Crippen LogP contribution in [0.3, 0.4) is 0 Å². The van der Waals surface area contributed by atoms with E-state index in [1.807, 2.05) is 31.2 Å². The maximum atomic E-state index is 9.29. The van der Waals surface area contributed by atoms with Gasteiger partial charge < -0.3 is 9.84 Å². The zero-order valence-corrected chi connectivity index (χ0v) is 8.60. The molecule has 1 aromatic carbocycles. The highest BCUT2D eigenvalue weighted by atomic mass is 16.5. The molecule has 0 aromatic heterocycles. The first-order valence-corrected chi connectivity index (χ1v) is 4.70. The SMILES string of the molecule is C=CC(C)Oc1ccc([C@@H](C)O)cc1. The Balaban J connectivity index is 2.68. The third-order valence-corrected chi connectivity index (χ3v) is 2.02. The van der Waals surface area contributed by atoms with Crippen molar-refractivity contribution in [3.05, 3.63) is 42.5 Å². The molecular weight excluding hydrogens is 176 g/mol. The summed E-state index contributed by atoms with van der Waals surface area (Å²) in [5.74, 6) is 0.793. The summed E-state index contributed by atoms with van der Waals surface area (Å²) in [4.78, 5) is 0. The van der Waals surface area contributed by atoms with Gasteiger partial charge in [0.15, 0.2) is 0 Å². The second-order valence-corrected chi connectivity index (χ2v) is 3.30. The third-order valence-electron chi connectivity index (χ3n) is 2.02. The van der Waals surface area contributed by atoms with E-state index in [-0.39, 0.29) is 6.10 Å². The lowest BCUT2D eigenvalue weighted by Crippen LogP contribution is -2.07. The van der Waals surface area contributed by atoms with E-state index < -0.39 is 6.10 Å². The molecule has 76 valence electrons. The summed E-state index contributed by atoms with van der Waals surface area (Å²) in [5.41, 5.74) is 0.892. The third kappa shape index (κ3) is 2.89. The van der Waals surface area contributed by atoms with Gasteiger partial charge in [0, 0.05) is 0 Å². The predicted octanol–water partition coefficient (Wildman–Crippen LogP) is 2.69. The smallest absolute Gasteiger partial charge is 0.120 e. The number of aliphatic hydroxyl groups excluding tert-OH is 1. The van der Waals surface area contributed by atoms with E-state index in [1.54, 1.807) is 13.0 Å². The molecule has 2 nitrogen and oxygen atoms in total. The lowest BCUT2D eigenvalue weighted by Gasteiger charge is -2.11. The van der Waals surface area contributed by atoms with E-state index in [9.17, 15) is 5.11 Å². The minimum Gasteiger partial charge on any atom is -0.487 e. The number of hydrogen-bond acceptors (Lipinski definition) is 2. The highest BCUT2D eigenvalue weighted by Gasteiger charge is 2.02. The fourth-order valence-corrected chi connectivity index (χ4v) is 1.09. The Kier molecular flexibility index (Phi) is 3.72. The van der Waals surface area contributed by atoms with Crippen molar-refractivity contribution in [1.29, 1.82) is 0 Å². The predicted molar refractivity (Wildman–Crippen MR) is 57.4 cm³/mol. The van der Waals surface area contributed by atoms with Crippen molar-refractivity contribution in [3.8, 4) is 5.75 Å². The molecular formula is C12H16O2. The number of aliphatic hydroxyl groups is 1. The van der Waals surface area contributed by atoms with Gasteiger partial charge in [-0.3, -0.25) is 0 Å². The van der Waals surface area contributed by atoms with Crippen LogP contribution in [-0.4, -0.2) is 11.2 Å². The summed E-state index contributed by atoms with van der Waals surface area (Å²) in [7, 11) is 0. The van der Waals surface area contributed by atoms with Crippen LogP contribution < -0.4 is 4.74 Å². The fraction of sp³-hybridized carbons (Fsp3) is 0.333. The molecule has 0 heterocycles. The van der Waals surface area contributed by atoms with Crippen LogP contribution in [0.5, 0.6) is 5.75 Å². The van der Waals surface area contributed by atoms with Crippen molar-refractivity contribution in [1.82, 2.24) is 0 Å². The molecule has 1 unspecified atom stereocenters. The lowest BCUT2D eigenvalue weighted by atomic mass is 10.1. The second-order valence-electron chi connectivity index (χ2n) is 3.30. The van der Waals surface area contributed by atoms with Gasteiger partial charge in [0.2, 0.25) is 0 Å². The van der Waals surface area contributed by atoms with Crippen LogP contribution in [-0.2, 0) is 0 Å². The van der Waals surface area contributed by atoms with Crippen molar-refractivity contribution in [2.24, 2.45) is 0 Å². The number of ether oxygens (including phenoxy) is 1. The Morgan fingerprint density at radius 1 is 1.29 bits per heavy atom. The first kappa shape index (κ1) is 10.8. The molecule has 1 N–H and O–H groups in total. The summed E-state index contributed by atoms with van der Waals surface area (Å²) < 4.78 is 5.50.